The number of nitrogens with one attached hydrogen (secondary N) is 1. The first-order chi connectivity index (χ1) is 10.7. The fourth-order valence-corrected chi connectivity index (χ4v) is 2.21. The number of benzene rings is 1. The van der Waals surface area contributed by atoms with E-state index in [-0.39, 0.29) is 18.7 Å². The predicted molar refractivity (Wildman–Crippen MR) is 81.4 cm³/mol. The number of carbonyl (C=O) groups excluding carboxylic acids is 1. The minimum absolute atomic E-state index is 0.00574. The molecule has 6 nitrogen and oxygen atoms in total. The maximum absolute atomic E-state index is 11.9. The van der Waals surface area contributed by atoms with Crippen LogP contribution in [0.3, 0.4) is 0 Å². The number of aromatic nitrogens is 2. The van der Waals surface area contributed by atoms with Gasteiger partial charge >= 0.3 is 0 Å². The highest BCUT2D eigenvalue weighted by atomic mass is 16.7. The van der Waals surface area contributed by atoms with Gasteiger partial charge in [-0.05, 0) is 36.8 Å². The summed E-state index contributed by atoms with van der Waals surface area (Å²) in [7, 11) is 0. The maximum Gasteiger partial charge on any atom is 0.244 e. The molecule has 0 radical (unpaired) electrons. The van der Waals surface area contributed by atoms with E-state index in [1.807, 2.05) is 37.4 Å². The zero-order valence-electron chi connectivity index (χ0n) is 12.2. The fourth-order valence-electron chi connectivity index (χ4n) is 2.21. The summed E-state index contributed by atoms with van der Waals surface area (Å²) in [5, 5.41) is 7.01. The van der Waals surface area contributed by atoms with Gasteiger partial charge in [-0.3, -0.25) is 9.48 Å². The van der Waals surface area contributed by atoms with E-state index in [9.17, 15) is 4.79 Å². The van der Waals surface area contributed by atoms with Gasteiger partial charge in [-0.2, -0.15) is 5.10 Å². The van der Waals surface area contributed by atoms with Crippen LogP contribution in [0, 0.1) is 0 Å². The summed E-state index contributed by atoms with van der Waals surface area (Å²) in [6.07, 6.45) is 6.84. The van der Waals surface area contributed by atoms with Crippen molar-refractivity contribution >= 4 is 12.0 Å². The van der Waals surface area contributed by atoms with Crippen molar-refractivity contribution in [2.24, 2.45) is 0 Å². The van der Waals surface area contributed by atoms with Gasteiger partial charge in [0.1, 0.15) is 0 Å². The van der Waals surface area contributed by atoms with Crippen molar-refractivity contribution < 1.29 is 14.3 Å². The Morgan fingerprint density at radius 2 is 2.32 bits per heavy atom. The summed E-state index contributed by atoms with van der Waals surface area (Å²) in [6.45, 7) is 2.82. The van der Waals surface area contributed by atoms with Crippen LogP contribution in [-0.4, -0.2) is 28.5 Å². The van der Waals surface area contributed by atoms with Crippen LogP contribution in [-0.2, 0) is 11.3 Å². The Morgan fingerprint density at radius 3 is 3.14 bits per heavy atom. The Balaban J connectivity index is 1.54. The molecule has 0 spiro atoms. The largest absolute Gasteiger partial charge is 0.454 e. The molecule has 0 aliphatic carbocycles. The van der Waals surface area contributed by atoms with Gasteiger partial charge in [0.15, 0.2) is 11.5 Å². The summed E-state index contributed by atoms with van der Waals surface area (Å²) in [5.41, 5.74) is 0.888. The molecule has 1 atom stereocenters. The molecule has 0 fully saturated rings. The molecule has 1 aromatic carbocycles. The lowest BCUT2D eigenvalue weighted by atomic mass is 10.2. The van der Waals surface area contributed by atoms with Gasteiger partial charge in [0.05, 0.1) is 6.54 Å². The average molecular weight is 299 g/mol. The third kappa shape index (κ3) is 3.46. The normalized spacial score (nSPS) is 14.2. The molecule has 114 valence electrons. The number of ether oxygens (including phenoxy) is 2. The van der Waals surface area contributed by atoms with E-state index in [1.165, 1.54) is 6.08 Å². The van der Waals surface area contributed by atoms with Crippen LogP contribution in [0.4, 0.5) is 0 Å². The van der Waals surface area contributed by atoms with Crippen LogP contribution in [0.5, 0.6) is 11.5 Å². The van der Waals surface area contributed by atoms with Crippen molar-refractivity contribution in [1.29, 1.82) is 0 Å². The van der Waals surface area contributed by atoms with Gasteiger partial charge in [-0.25, -0.2) is 0 Å². The van der Waals surface area contributed by atoms with E-state index in [2.05, 4.69) is 10.4 Å². The predicted octanol–water partition coefficient (Wildman–Crippen LogP) is 1.83. The highest BCUT2D eigenvalue weighted by molar-refractivity contribution is 5.92. The van der Waals surface area contributed by atoms with Crippen molar-refractivity contribution in [1.82, 2.24) is 15.1 Å². The summed E-state index contributed by atoms with van der Waals surface area (Å²) in [6, 6.07) is 7.41. The Kier molecular flexibility index (Phi) is 4.09. The highest BCUT2D eigenvalue weighted by Gasteiger charge is 2.12. The molecule has 1 amide bonds. The summed E-state index contributed by atoms with van der Waals surface area (Å²) in [4.78, 5) is 11.9. The molecule has 1 aliphatic heterocycles. The molecule has 6 heteroatoms. The molecule has 0 saturated heterocycles. The van der Waals surface area contributed by atoms with Gasteiger partial charge < -0.3 is 14.8 Å². The first kappa shape index (κ1) is 14.2. The molecule has 22 heavy (non-hydrogen) atoms. The lowest BCUT2D eigenvalue weighted by molar-refractivity contribution is -0.117. The highest BCUT2D eigenvalue weighted by Crippen LogP contribution is 2.32. The molecular weight excluding hydrogens is 282 g/mol. The van der Waals surface area contributed by atoms with Crippen LogP contribution in [0.25, 0.3) is 6.08 Å². The molecule has 2 heterocycles. The molecule has 1 aliphatic rings. The van der Waals surface area contributed by atoms with Crippen LogP contribution in [0.2, 0.25) is 0 Å². The summed E-state index contributed by atoms with van der Waals surface area (Å²) >= 11 is 0. The van der Waals surface area contributed by atoms with Gasteiger partial charge in [0.25, 0.3) is 0 Å². The number of carbonyl (C=O) groups is 1. The number of fused-ring (bicyclic) bond motifs is 1. The number of hydrogen-bond donors (Lipinski definition) is 1. The molecule has 0 bridgehead atoms. The quantitative estimate of drug-likeness (QED) is 0.855. The lowest BCUT2D eigenvalue weighted by Crippen LogP contribution is -2.34. The van der Waals surface area contributed by atoms with Crippen LogP contribution in [0.15, 0.2) is 42.7 Å². The molecular formula is C16H17N3O3. The SMILES string of the molecule is C[C@@H](Cn1cccn1)NC(=O)/C=C\c1ccc2c(c1)OCO2. The Labute approximate surface area is 128 Å². The van der Waals surface area contributed by atoms with E-state index >= 15 is 0 Å². The van der Waals surface area contributed by atoms with E-state index in [0.717, 1.165) is 11.3 Å². The summed E-state index contributed by atoms with van der Waals surface area (Å²) < 4.78 is 12.3. The van der Waals surface area contributed by atoms with Crippen molar-refractivity contribution in [3.05, 3.63) is 48.3 Å². The van der Waals surface area contributed by atoms with Gasteiger partial charge in [-0.15, -0.1) is 0 Å². The monoisotopic (exact) mass is 299 g/mol. The van der Waals surface area contributed by atoms with Crippen molar-refractivity contribution in [2.75, 3.05) is 6.79 Å². The second kappa shape index (κ2) is 6.34. The van der Waals surface area contributed by atoms with E-state index in [1.54, 1.807) is 17.0 Å². The number of amides is 1. The number of rotatable bonds is 5. The Morgan fingerprint density at radius 1 is 1.45 bits per heavy atom. The minimum atomic E-state index is -0.141. The van der Waals surface area contributed by atoms with Crippen molar-refractivity contribution in [3.8, 4) is 11.5 Å². The maximum atomic E-state index is 11.9. The third-order valence-electron chi connectivity index (χ3n) is 3.23. The van der Waals surface area contributed by atoms with Gasteiger partial charge in [0.2, 0.25) is 12.7 Å². The smallest absolute Gasteiger partial charge is 0.244 e. The molecule has 1 N–H and O–H groups in total. The summed E-state index contributed by atoms with van der Waals surface area (Å²) in [5.74, 6) is 1.29. The third-order valence-corrected chi connectivity index (χ3v) is 3.23. The van der Waals surface area contributed by atoms with Gasteiger partial charge in [-0.1, -0.05) is 6.07 Å². The second-order valence-corrected chi connectivity index (χ2v) is 5.08. The zero-order chi connectivity index (χ0) is 15.4. The van der Waals surface area contributed by atoms with E-state index in [0.29, 0.717) is 12.3 Å². The van der Waals surface area contributed by atoms with Crippen molar-refractivity contribution in [2.45, 2.75) is 19.5 Å². The number of hydrogen-bond acceptors (Lipinski definition) is 4. The minimum Gasteiger partial charge on any atom is -0.454 e. The topological polar surface area (TPSA) is 65.4 Å². The first-order valence-corrected chi connectivity index (χ1v) is 7.06. The standard InChI is InChI=1S/C16H17N3O3/c1-12(10-19-8-2-7-17-19)18-16(20)6-4-13-3-5-14-15(9-13)22-11-21-14/h2-9,12H,10-11H2,1H3,(H,18,20)/b6-4-/t12-/m0/s1. The van der Waals surface area contributed by atoms with E-state index < -0.39 is 0 Å². The van der Waals surface area contributed by atoms with Crippen LogP contribution in [0.1, 0.15) is 12.5 Å². The Hall–Kier alpha value is -2.76. The first-order valence-electron chi connectivity index (χ1n) is 7.06. The molecule has 3 rings (SSSR count). The molecule has 2 aromatic rings. The molecule has 0 unspecified atom stereocenters. The van der Waals surface area contributed by atoms with E-state index in [4.69, 9.17) is 9.47 Å². The average Bonchev–Trinajstić information content (AvgIpc) is 3.15. The zero-order valence-corrected chi connectivity index (χ0v) is 12.2. The van der Waals surface area contributed by atoms with Crippen LogP contribution < -0.4 is 14.8 Å². The second-order valence-electron chi connectivity index (χ2n) is 5.08. The molecule has 0 saturated carbocycles. The molecule has 1 aromatic heterocycles. The van der Waals surface area contributed by atoms with Gasteiger partial charge in [0, 0.05) is 24.5 Å². The fraction of sp³-hybridized carbons (Fsp3) is 0.250. The van der Waals surface area contributed by atoms with Crippen molar-refractivity contribution in [3.63, 3.8) is 0 Å². The Bertz CT molecular complexity index is 680. The lowest BCUT2D eigenvalue weighted by Gasteiger charge is -2.12. The van der Waals surface area contributed by atoms with Crippen LogP contribution >= 0.6 is 0 Å². The number of nitrogens with zero attached hydrogens (tertiary/aromatic N) is 2.